The molecule has 0 aromatic heterocycles. The van der Waals surface area contributed by atoms with E-state index < -0.39 is 0 Å². The summed E-state index contributed by atoms with van der Waals surface area (Å²) in [6.07, 6.45) is 4.11. The molecule has 0 bridgehead atoms. The van der Waals surface area contributed by atoms with E-state index in [1.165, 1.54) is 5.70 Å². The van der Waals surface area contributed by atoms with Crippen LogP contribution in [0.15, 0.2) is 35.0 Å². The molecule has 1 heterocycles. The first kappa shape index (κ1) is 10.5. The van der Waals surface area contributed by atoms with Gasteiger partial charge in [0.2, 0.25) is 0 Å². The summed E-state index contributed by atoms with van der Waals surface area (Å²) in [5, 5.41) is 3.27. The van der Waals surface area contributed by atoms with Crippen molar-refractivity contribution in [3.05, 3.63) is 35.0 Å². The molecule has 0 spiro atoms. The summed E-state index contributed by atoms with van der Waals surface area (Å²) in [4.78, 5) is 2.16. The molecule has 0 N–H and O–H groups in total. The highest BCUT2D eigenvalue weighted by molar-refractivity contribution is 8.06. The summed E-state index contributed by atoms with van der Waals surface area (Å²) in [5.41, 5.74) is 1.51. The number of hydrogen-bond acceptors (Lipinski definition) is 2. The standard InChI is InChI=1S/C11H17NS/c1-6-7-12-9(2)13-8-10(12)11(3,4)5/h6-8H,2H2,1,3-5H3/b7-6-. The lowest BCUT2D eigenvalue weighted by Gasteiger charge is -2.28. The Morgan fingerprint density at radius 2 is 2.08 bits per heavy atom. The Hall–Kier alpha value is -0.630. The molecule has 2 heteroatoms. The molecule has 0 saturated heterocycles. The predicted molar refractivity (Wildman–Crippen MR) is 60.9 cm³/mol. The van der Waals surface area contributed by atoms with E-state index in [4.69, 9.17) is 0 Å². The molecule has 0 aromatic rings. The third-order valence-electron chi connectivity index (χ3n) is 1.90. The second-order valence-electron chi connectivity index (χ2n) is 4.12. The van der Waals surface area contributed by atoms with E-state index in [0.29, 0.717) is 0 Å². The lowest BCUT2D eigenvalue weighted by Crippen LogP contribution is -2.21. The van der Waals surface area contributed by atoms with Gasteiger partial charge in [0, 0.05) is 17.3 Å². The molecular formula is C11H17NS. The smallest absolute Gasteiger partial charge is 0.0761 e. The van der Waals surface area contributed by atoms with Gasteiger partial charge in [-0.3, -0.25) is 0 Å². The first-order chi connectivity index (χ1) is 5.96. The van der Waals surface area contributed by atoms with Gasteiger partial charge in [0.1, 0.15) is 0 Å². The summed E-state index contributed by atoms with van der Waals surface area (Å²) in [7, 11) is 0. The van der Waals surface area contributed by atoms with E-state index in [1.807, 2.05) is 13.0 Å². The molecule has 0 unspecified atom stereocenters. The third-order valence-corrected chi connectivity index (χ3v) is 2.71. The first-order valence-corrected chi connectivity index (χ1v) is 5.33. The van der Waals surface area contributed by atoms with Crippen molar-refractivity contribution in [2.45, 2.75) is 27.7 Å². The van der Waals surface area contributed by atoms with Gasteiger partial charge in [-0.1, -0.05) is 45.2 Å². The zero-order chi connectivity index (χ0) is 10.1. The molecule has 0 atom stereocenters. The van der Waals surface area contributed by atoms with Crippen molar-refractivity contribution in [1.82, 2.24) is 4.90 Å². The Labute approximate surface area is 85.2 Å². The largest absolute Gasteiger partial charge is 0.315 e. The van der Waals surface area contributed by atoms with Crippen molar-refractivity contribution < 1.29 is 0 Å². The molecule has 0 fully saturated rings. The number of rotatable bonds is 1. The van der Waals surface area contributed by atoms with Crippen LogP contribution in [0.4, 0.5) is 0 Å². The second-order valence-corrected chi connectivity index (χ2v) is 5.06. The Morgan fingerprint density at radius 1 is 1.46 bits per heavy atom. The maximum Gasteiger partial charge on any atom is 0.0761 e. The van der Waals surface area contributed by atoms with Crippen LogP contribution in [0.3, 0.4) is 0 Å². The molecule has 0 aliphatic carbocycles. The minimum Gasteiger partial charge on any atom is -0.315 e. The minimum atomic E-state index is 0.186. The monoisotopic (exact) mass is 195 g/mol. The predicted octanol–water partition coefficient (Wildman–Crippen LogP) is 3.93. The summed E-state index contributed by atoms with van der Waals surface area (Å²) in [6.45, 7) is 12.7. The van der Waals surface area contributed by atoms with E-state index in [1.54, 1.807) is 11.8 Å². The van der Waals surface area contributed by atoms with Crippen molar-refractivity contribution in [3.63, 3.8) is 0 Å². The minimum absolute atomic E-state index is 0.186. The maximum absolute atomic E-state index is 4.00. The van der Waals surface area contributed by atoms with Gasteiger partial charge in [-0.25, -0.2) is 0 Å². The topological polar surface area (TPSA) is 3.24 Å². The number of thioether (sulfide) groups is 1. The van der Waals surface area contributed by atoms with Crippen LogP contribution >= 0.6 is 11.8 Å². The molecule has 1 nitrogen and oxygen atoms in total. The van der Waals surface area contributed by atoms with E-state index in [0.717, 1.165) is 5.03 Å². The van der Waals surface area contributed by atoms with E-state index >= 15 is 0 Å². The Bertz CT molecular complexity index is 268. The van der Waals surface area contributed by atoms with Crippen molar-refractivity contribution >= 4 is 11.8 Å². The summed E-state index contributed by atoms with van der Waals surface area (Å²) >= 11 is 1.70. The molecule has 0 radical (unpaired) electrons. The zero-order valence-corrected chi connectivity index (χ0v) is 9.61. The third kappa shape index (κ3) is 2.19. The van der Waals surface area contributed by atoms with Crippen LogP contribution in [0, 0.1) is 5.41 Å². The quantitative estimate of drug-likeness (QED) is 0.623. The molecule has 72 valence electrons. The van der Waals surface area contributed by atoms with Crippen LogP contribution in [0.25, 0.3) is 0 Å². The second kappa shape index (κ2) is 3.62. The van der Waals surface area contributed by atoms with Gasteiger partial charge in [-0.2, -0.15) is 0 Å². The number of allylic oxidation sites excluding steroid dienone is 2. The fraction of sp³-hybridized carbons (Fsp3) is 0.455. The van der Waals surface area contributed by atoms with Crippen LogP contribution in [-0.4, -0.2) is 4.90 Å². The van der Waals surface area contributed by atoms with Gasteiger partial charge < -0.3 is 4.90 Å². The molecule has 0 saturated carbocycles. The van der Waals surface area contributed by atoms with E-state index in [9.17, 15) is 0 Å². The molecule has 0 aromatic carbocycles. The van der Waals surface area contributed by atoms with Crippen LogP contribution < -0.4 is 0 Å². The summed E-state index contributed by atoms with van der Waals surface area (Å²) in [6, 6.07) is 0. The molecule has 1 aliphatic rings. The van der Waals surface area contributed by atoms with Gasteiger partial charge in [0.05, 0.1) is 5.03 Å². The number of hydrogen-bond donors (Lipinski definition) is 0. The van der Waals surface area contributed by atoms with Crippen LogP contribution in [0.2, 0.25) is 0 Å². The van der Waals surface area contributed by atoms with Crippen molar-refractivity contribution in [1.29, 1.82) is 0 Å². The van der Waals surface area contributed by atoms with Gasteiger partial charge >= 0.3 is 0 Å². The average molecular weight is 195 g/mol. The lowest BCUT2D eigenvalue weighted by molar-refractivity contribution is 0.398. The highest BCUT2D eigenvalue weighted by Gasteiger charge is 2.27. The number of nitrogens with zero attached hydrogens (tertiary/aromatic N) is 1. The van der Waals surface area contributed by atoms with Crippen LogP contribution in [0.5, 0.6) is 0 Å². The van der Waals surface area contributed by atoms with Crippen molar-refractivity contribution in [2.75, 3.05) is 0 Å². The SMILES string of the molecule is C=C1SC=C(C(C)(C)C)N1/C=C\C. The summed E-state index contributed by atoms with van der Waals surface area (Å²) < 4.78 is 0. The fourth-order valence-electron chi connectivity index (χ4n) is 1.22. The highest BCUT2D eigenvalue weighted by atomic mass is 32.2. The van der Waals surface area contributed by atoms with Gasteiger partial charge in [-0.05, 0) is 12.3 Å². The normalized spacial score (nSPS) is 18.6. The first-order valence-electron chi connectivity index (χ1n) is 4.45. The van der Waals surface area contributed by atoms with Gasteiger partial charge in [-0.15, -0.1) is 0 Å². The Kier molecular flexibility index (Phi) is 2.91. The van der Waals surface area contributed by atoms with Gasteiger partial charge in [0.25, 0.3) is 0 Å². The van der Waals surface area contributed by atoms with Crippen LogP contribution in [-0.2, 0) is 0 Å². The van der Waals surface area contributed by atoms with Crippen molar-refractivity contribution in [2.24, 2.45) is 5.41 Å². The summed E-state index contributed by atoms with van der Waals surface area (Å²) in [5.74, 6) is 0. The maximum atomic E-state index is 4.00. The van der Waals surface area contributed by atoms with Gasteiger partial charge in [0.15, 0.2) is 0 Å². The molecule has 13 heavy (non-hydrogen) atoms. The molecule has 0 amide bonds. The zero-order valence-electron chi connectivity index (χ0n) is 8.79. The van der Waals surface area contributed by atoms with Crippen LogP contribution in [0.1, 0.15) is 27.7 Å². The molecule has 1 aliphatic heterocycles. The van der Waals surface area contributed by atoms with E-state index in [-0.39, 0.29) is 5.41 Å². The van der Waals surface area contributed by atoms with E-state index in [2.05, 4.69) is 43.9 Å². The average Bonchev–Trinajstić information content (AvgIpc) is 2.32. The highest BCUT2D eigenvalue weighted by Crippen LogP contribution is 2.41. The lowest BCUT2D eigenvalue weighted by atomic mass is 9.92. The Balaban J connectivity index is 2.92. The Morgan fingerprint density at radius 3 is 2.54 bits per heavy atom. The fourth-order valence-corrected chi connectivity index (χ4v) is 2.21. The van der Waals surface area contributed by atoms with Crippen molar-refractivity contribution in [3.8, 4) is 0 Å². The molecular weight excluding hydrogens is 178 g/mol. The molecule has 1 rings (SSSR count).